The zero-order valence-electron chi connectivity index (χ0n) is 9.23. The fourth-order valence-corrected chi connectivity index (χ4v) is 1.98. The molecule has 1 N–H and O–H groups in total. The third-order valence-electron chi connectivity index (χ3n) is 2.23. The summed E-state index contributed by atoms with van der Waals surface area (Å²) in [6, 6.07) is 1.85. The van der Waals surface area contributed by atoms with Gasteiger partial charge in [-0.15, -0.1) is 0 Å². The standard InChI is InChI=1S/C10H12BN3OS/c1-7-5-14-6-9(11)3-8(10(14)13-7)4-12-16(2)15/h3,5-6,12H,4H2,1-2H3. The topological polar surface area (TPSA) is 46.4 Å². The first kappa shape index (κ1) is 11.4. The van der Waals surface area contributed by atoms with Gasteiger partial charge in [0.15, 0.2) is 0 Å². The fraction of sp³-hybridized carbons (Fsp3) is 0.300. The molecule has 2 rings (SSSR count). The van der Waals surface area contributed by atoms with Crippen LogP contribution in [-0.2, 0) is 17.5 Å². The lowest BCUT2D eigenvalue weighted by Gasteiger charge is -2.05. The third-order valence-corrected chi connectivity index (χ3v) is 2.79. The third kappa shape index (κ3) is 2.33. The number of nitrogens with one attached hydrogen (secondary N) is 1. The van der Waals surface area contributed by atoms with E-state index in [9.17, 15) is 4.21 Å². The minimum atomic E-state index is -1.04. The zero-order chi connectivity index (χ0) is 11.7. The Morgan fingerprint density at radius 2 is 2.31 bits per heavy atom. The van der Waals surface area contributed by atoms with Crippen molar-refractivity contribution in [1.82, 2.24) is 14.1 Å². The lowest BCUT2D eigenvalue weighted by molar-refractivity contribution is 0.676. The molecule has 2 aromatic rings. The van der Waals surface area contributed by atoms with Crippen LogP contribution in [-0.4, -0.2) is 27.7 Å². The highest BCUT2D eigenvalue weighted by Gasteiger charge is 2.05. The van der Waals surface area contributed by atoms with Gasteiger partial charge in [0.05, 0.1) is 16.7 Å². The molecule has 2 heterocycles. The van der Waals surface area contributed by atoms with Crippen LogP contribution in [0.3, 0.4) is 0 Å². The first-order chi connectivity index (χ1) is 7.56. The largest absolute Gasteiger partial charge is 0.307 e. The maximum absolute atomic E-state index is 11.0. The molecule has 0 saturated carbocycles. The van der Waals surface area contributed by atoms with Crippen LogP contribution in [0.2, 0.25) is 0 Å². The van der Waals surface area contributed by atoms with Crippen molar-refractivity contribution in [2.45, 2.75) is 13.5 Å². The lowest BCUT2D eigenvalue weighted by atomic mass is 9.97. The molecule has 0 aromatic carbocycles. The molecular weight excluding hydrogens is 221 g/mol. The van der Waals surface area contributed by atoms with Crippen molar-refractivity contribution < 1.29 is 4.21 Å². The summed E-state index contributed by atoms with van der Waals surface area (Å²) in [5.41, 5.74) is 3.40. The fourth-order valence-electron chi connectivity index (χ4n) is 1.63. The molecule has 6 heteroatoms. The maximum Gasteiger partial charge on any atom is 0.141 e. The SMILES string of the molecule is [B]c1cc(CNS(C)=O)c2nc(C)cn2c1. The number of fused-ring (bicyclic) bond motifs is 1. The van der Waals surface area contributed by atoms with E-state index in [0.29, 0.717) is 12.0 Å². The number of nitrogens with zero attached hydrogens (tertiary/aromatic N) is 2. The Kier molecular flexibility index (Phi) is 3.11. The second-order valence-corrected chi connectivity index (χ2v) is 4.88. The summed E-state index contributed by atoms with van der Waals surface area (Å²) in [5.74, 6) is 0. The Hall–Kier alpha value is -1.14. The average Bonchev–Trinajstić information content (AvgIpc) is 2.54. The molecule has 0 bridgehead atoms. The molecule has 0 spiro atoms. The van der Waals surface area contributed by atoms with Crippen molar-refractivity contribution in [3.8, 4) is 0 Å². The molecule has 2 radical (unpaired) electrons. The van der Waals surface area contributed by atoms with Crippen LogP contribution in [0.4, 0.5) is 0 Å². The van der Waals surface area contributed by atoms with Crippen LogP contribution < -0.4 is 10.2 Å². The minimum Gasteiger partial charge on any atom is -0.307 e. The van der Waals surface area contributed by atoms with E-state index in [4.69, 9.17) is 7.85 Å². The van der Waals surface area contributed by atoms with Gasteiger partial charge >= 0.3 is 0 Å². The van der Waals surface area contributed by atoms with Gasteiger partial charge < -0.3 is 4.40 Å². The van der Waals surface area contributed by atoms with Gasteiger partial charge in [-0.1, -0.05) is 11.5 Å². The van der Waals surface area contributed by atoms with Gasteiger partial charge in [-0.25, -0.2) is 13.9 Å². The van der Waals surface area contributed by atoms with E-state index in [1.165, 1.54) is 0 Å². The van der Waals surface area contributed by atoms with E-state index < -0.39 is 11.0 Å². The Bertz CT molecular complexity index is 552. The van der Waals surface area contributed by atoms with Gasteiger partial charge in [0, 0.05) is 30.8 Å². The monoisotopic (exact) mass is 233 g/mol. The van der Waals surface area contributed by atoms with Gasteiger partial charge in [-0.2, -0.15) is 0 Å². The number of hydrogen-bond donors (Lipinski definition) is 1. The van der Waals surface area contributed by atoms with Crippen LogP contribution in [0.1, 0.15) is 11.3 Å². The summed E-state index contributed by atoms with van der Waals surface area (Å²) in [7, 11) is 4.75. The summed E-state index contributed by atoms with van der Waals surface area (Å²) in [5, 5.41) is 0. The summed E-state index contributed by atoms with van der Waals surface area (Å²) >= 11 is 0. The summed E-state index contributed by atoms with van der Waals surface area (Å²) in [6.07, 6.45) is 5.33. The van der Waals surface area contributed by atoms with Crippen molar-refractivity contribution in [2.24, 2.45) is 0 Å². The molecule has 2 aromatic heterocycles. The molecule has 0 aliphatic heterocycles. The maximum atomic E-state index is 11.0. The normalized spacial score (nSPS) is 13.1. The van der Waals surface area contributed by atoms with E-state index in [0.717, 1.165) is 16.9 Å². The smallest absolute Gasteiger partial charge is 0.141 e. The van der Waals surface area contributed by atoms with E-state index in [2.05, 4.69) is 9.71 Å². The number of pyridine rings is 1. The highest BCUT2D eigenvalue weighted by Crippen LogP contribution is 2.09. The first-order valence-electron chi connectivity index (χ1n) is 4.87. The van der Waals surface area contributed by atoms with Crippen LogP contribution >= 0.6 is 0 Å². The van der Waals surface area contributed by atoms with Gasteiger partial charge in [0.2, 0.25) is 0 Å². The van der Waals surface area contributed by atoms with Gasteiger partial charge in [-0.05, 0) is 6.92 Å². The second kappa shape index (κ2) is 4.39. The van der Waals surface area contributed by atoms with E-state index in [1.807, 2.05) is 29.8 Å². The number of hydrogen-bond acceptors (Lipinski definition) is 2. The molecule has 16 heavy (non-hydrogen) atoms. The Morgan fingerprint density at radius 1 is 1.56 bits per heavy atom. The molecule has 0 amide bonds. The van der Waals surface area contributed by atoms with Gasteiger partial charge in [0.25, 0.3) is 0 Å². The van der Waals surface area contributed by atoms with Crippen molar-refractivity contribution in [3.63, 3.8) is 0 Å². The van der Waals surface area contributed by atoms with Gasteiger partial charge in [0.1, 0.15) is 13.5 Å². The molecule has 0 fully saturated rings. The molecule has 1 atom stereocenters. The summed E-state index contributed by atoms with van der Waals surface area (Å²) in [6.45, 7) is 2.42. The zero-order valence-corrected chi connectivity index (χ0v) is 10.0. The minimum absolute atomic E-state index is 0.494. The molecule has 0 aliphatic rings. The number of aryl methyl sites for hydroxylation is 1. The van der Waals surface area contributed by atoms with Crippen molar-refractivity contribution in [1.29, 1.82) is 0 Å². The van der Waals surface area contributed by atoms with Crippen LogP contribution in [0.15, 0.2) is 18.5 Å². The molecule has 1 unspecified atom stereocenters. The molecule has 4 nitrogen and oxygen atoms in total. The predicted octanol–water partition coefficient (Wildman–Crippen LogP) is -0.180. The predicted molar refractivity (Wildman–Crippen MR) is 66.2 cm³/mol. The van der Waals surface area contributed by atoms with Crippen LogP contribution in [0, 0.1) is 6.92 Å². The van der Waals surface area contributed by atoms with Crippen molar-refractivity contribution in [3.05, 3.63) is 29.7 Å². The van der Waals surface area contributed by atoms with Crippen molar-refractivity contribution in [2.75, 3.05) is 6.26 Å². The van der Waals surface area contributed by atoms with Crippen LogP contribution in [0.5, 0.6) is 0 Å². The molecular formula is C10H12BN3OS. The summed E-state index contributed by atoms with van der Waals surface area (Å²) in [4.78, 5) is 4.40. The second-order valence-electron chi connectivity index (χ2n) is 3.69. The summed E-state index contributed by atoms with van der Waals surface area (Å²) < 4.78 is 15.7. The Morgan fingerprint density at radius 3 is 3.00 bits per heavy atom. The average molecular weight is 233 g/mol. The van der Waals surface area contributed by atoms with E-state index in [1.54, 1.807) is 6.26 Å². The molecule has 0 saturated heterocycles. The Balaban J connectivity index is 2.45. The van der Waals surface area contributed by atoms with E-state index >= 15 is 0 Å². The van der Waals surface area contributed by atoms with E-state index in [-0.39, 0.29) is 0 Å². The number of imidazole rings is 1. The molecule has 82 valence electrons. The van der Waals surface area contributed by atoms with Crippen molar-refractivity contribution >= 4 is 29.9 Å². The number of rotatable bonds is 3. The van der Waals surface area contributed by atoms with Crippen LogP contribution in [0.25, 0.3) is 5.65 Å². The Labute approximate surface area is 98.1 Å². The highest BCUT2D eigenvalue weighted by atomic mass is 32.2. The molecule has 0 aliphatic carbocycles. The first-order valence-corrected chi connectivity index (χ1v) is 6.42. The highest BCUT2D eigenvalue weighted by molar-refractivity contribution is 7.82. The number of aromatic nitrogens is 2. The lowest BCUT2D eigenvalue weighted by Crippen LogP contribution is -2.18. The quantitative estimate of drug-likeness (QED) is 0.747. The van der Waals surface area contributed by atoms with Gasteiger partial charge in [-0.3, -0.25) is 0 Å².